The second kappa shape index (κ2) is 7.76. The van der Waals surface area contributed by atoms with Crippen molar-refractivity contribution in [1.29, 1.82) is 0 Å². The smallest absolute Gasteiger partial charge is 0.416 e. The molecule has 0 aliphatic carbocycles. The number of hydrogen-bond donors (Lipinski definition) is 0. The third kappa shape index (κ3) is 5.61. The van der Waals surface area contributed by atoms with Gasteiger partial charge >= 0.3 is 12.3 Å². The van der Waals surface area contributed by atoms with Crippen molar-refractivity contribution < 1.29 is 22.7 Å². The molecule has 1 aromatic carbocycles. The number of amides is 1. The molecule has 26 heavy (non-hydrogen) atoms. The minimum atomic E-state index is -4.36. The number of alkyl halides is 3. The van der Waals surface area contributed by atoms with Gasteiger partial charge in [-0.2, -0.15) is 13.2 Å². The number of benzene rings is 1. The number of nitrogens with zero attached hydrogens (tertiary/aromatic N) is 2. The Morgan fingerprint density at radius 3 is 2.46 bits per heavy atom. The largest absolute Gasteiger partial charge is 0.444 e. The molecule has 4 nitrogen and oxygen atoms in total. The summed E-state index contributed by atoms with van der Waals surface area (Å²) >= 11 is 3.33. The first kappa shape index (κ1) is 21.0. The maximum atomic E-state index is 12.9. The molecule has 1 aliphatic heterocycles. The quantitative estimate of drug-likeness (QED) is 0.660. The number of hydrogen-bond acceptors (Lipinski definition) is 3. The third-order valence-electron chi connectivity index (χ3n) is 4.16. The summed E-state index contributed by atoms with van der Waals surface area (Å²) in [5, 5.41) is 0. The van der Waals surface area contributed by atoms with E-state index in [1.807, 2.05) is 27.7 Å². The van der Waals surface area contributed by atoms with E-state index in [0.717, 1.165) is 6.07 Å². The molecule has 0 aromatic heterocycles. The lowest BCUT2D eigenvalue weighted by molar-refractivity contribution is -0.137. The van der Waals surface area contributed by atoms with Crippen LogP contribution in [0.3, 0.4) is 0 Å². The second-order valence-electron chi connectivity index (χ2n) is 7.55. The number of carbonyl (C=O) groups is 1. The van der Waals surface area contributed by atoms with Crippen molar-refractivity contribution in [2.45, 2.75) is 52.1 Å². The molecule has 0 spiro atoms. The molecule has 1 aromatic rings. The topological polar surface area (TPSA) is 32.8 Å². The van der Waals surface area contributed by atoms with Gasteiger partial charge in [0, 0.05) is 36.7 Å². The number of carbonyl (C=O) groups excluding carboxylic acids is 1. The number of ether oxygens (including phenoxy) is 1. The zero-order valence-corrected chi connectivity index (χ0v) is 16.9. The Bertz CT molecular complexity index is 659. The van der Waals surface area contributed by atoms with Gasteiger partial charge in [0.25, 0.3) is 0 Å². The molecule has 1 saturated heterocycles. The van der Waals surface area contributed by atoms with Gasteiger partial charge in [0.05, 0.1) is 5.56 Å². The highest BCUT2D eigenvalue weighted by molar-refractivity contribution is 9.10. The maximum absolute atomic E-state index is 12.9. The Balaban J connectivity index is 2.04. The molecule has 2 rings (SSSR count). The molecule has 1 amide bonds. The Labute approximate surface area is 160 Å². The van der Waals surface area contributed by atoms with Crippen molar-refractivity contribution in [2.24, 2.45) is 0 Å². The first-order valence-electron chi connectivity index (χ1n) is 8.44. The highest BCUT2D eigenvalue weighted by Crippen LogP contribution is 2.32. The molecular formula is C18H24BrF3N2O2. The Hall–Kier alpha value is -1.28. The fourth-order valence-corrected chi connectivity index (χ4v) is 3.19. The summed E-state index contributed by atoms with van der Waals surface area (Å²) in [7, 11) is 0. The molecule has 0 saturated carbocycles. The van der Waals surface area contributed by atoms with E-state index in [2.05, 4.69) is 20.8 Å². The Kier molecular flexibility index (Phi) is 6.28. The maximum Gasteiger partial charge on any atom is 0.416 e. The van der Waals surface area contributed by atoms with Crippen LogP contribution < -0.4 is 0 Å². The summed E-state index contributed by atoms with van der Waals surface area (Å²) in [6.07, 6.45) is -4.72. The minimum Gasteiger partial charge on any atom is -0.444 e. The predicted molar refractivity (Wildman–Crippen MR) is 96.8 cm³/mol. The summed E-state index contributed by atoms with van der Waals surface area (Å²) in [6, 6.07) is 3.69. The molecular weight excluding hydrogens is 413 g/mol. The van der Waals surface area contributed by atoms with Crippen molar-refractivity contribution in [3.8, 4) is 0 Å². The van der Waals surface area contributed by atoms with E-state index < -0.39 is 17.3 Å². The van der Waals surface area contributed by atoms with Crippen LogP contribution in [-0.4, -0.2) is 47.2 Å². The molecule has 1 aliphatic rings. The van der Waals surface area contributed by atoms with Crippen molar-refractivity contribution in [1.82, 2.24) is 9.80 Å². The number of piperazine rings is 1. The van der Waals surface area contributed by atoms with Gasteiger partial charge in [-0.05, 0) is 51.5 Å². The van der Waals surface area contributed by atoms with Gasteiger partial charge in [-0.3, -0.25) is 4.90 Å². The lowest BCUT2D eigenvalue weighted by atomic mass is 10.1. The van der Waals surface area contributed by atoms with E-state index >= 15 is 0 Å². The van der Waals surface area contributed by atoms with Crippen molar-refractivity contribution in [3.63, 3.8) is 0 Å². The van der Waals surface area contributed by atoms with Crippen molar-refractivity contribution in [2.75, 3.05) is 19.6 Å². The number of rotatable bonds is 2. The molecule has 1 fully saturated rings. The summed E-state index contributed by atoms with van der Waals surface area (Å²) in [5.74, 6) is 0. The molecule has 0 radical (unpaired) electrons. The fraction of sp³-hybridized carbons (Fsp3) is 0.611. The van der Waals surface area contributed by atoms with Gasteiger partial charge in [0.1, 0.15) is 5.60 Å². The first-order chi connectivity index (χ1) is 11.9. The third-order valence-corrected chi connectivity index (χ3v) is 4.94. The Morgan fingerprint density at radius 1 is 1.27 bits per heavy atom. The van der Waals surface area contributed by atoms with E-state index in [-0.39, 0.29) is 12.1 Å². The summed E-state index contributed by atoms with van der Waals surface area (Å²) in [6.45, 7) is 9.32. The van der Waals surface area contributed by atoms with Gasteiger partial charge in [0.15, 0.2) is 0 Å². The van der Waals surface area contributed by atoms with Crippen LogP contribution in [0.25, 0.3) is 0 Å². The average Bonchev–Trinajstić information content (AvgIpc) is 2.48. The first-order valence-corrected chi connectivity index (χ1v) is 9.24. The van der Waals surface area contributed by atoms with Crippen LogP contribution in [0.5, 0.6) is 0 Å². The molecule has 8 heteroatoms. The minimum absolute atomic E-state index is 0.0118. The van der Waals surface area contributed by atoms with Crippen LogP contribution in [0, 0.1) is 0 Å². The fourth-order valence-electron chi connectivity index (χ4n) is 2.81. The SMILES string of the molecule is C[C@H]1CN(C(=O)OC(C)(C)C)CCN1Cc1cc(C(F)(F)F)ccc1Br. The van der Waals surface area contributed by atoms with E-state index in [9.17, 15) is 18.0 Å². The van der Waals surface area contributed by atoms with Gasteiger partial charge in [0.2, 0.25) is 0 Å². The molecule has 146 valence electrons. The van der Waals surface area contributed by atoms with Gasteiger partial charge < -0.3 is 9.64 Å². The highest BCUT2D eigenvalue weighted by atomic mass is 79.9. The standard InChI is InChI=1S/C18H24BrF3N2O2/c1-12-10-24(16(25)26-17(2,3)4)8-7-23(12)11-13-9-14(18(20,21)22)5-6-15(13)19/h5-6,9,12H,7-8,10-11H2,1-4H3/t12-/m0/s1. The second-order valence-corrected chi connectivity index (χ2v) is 8.40. The molecule has 0 N–H and O–H groups in total. The summed E-state index contributed by atoms with van der Waals surface area (Å²) < 4.78 is 44.9. The lowest BCUT2D eigenvalue weighted by Gasteiger charge is -2.40. The van der Waals surface area contributed by atoms with E-state index in [1.165, 1.54) is 12.1 Å². The van der Waals surface area contributed by atoms with E-state index in [1.54, 1.807) is 4.90 Å². The molecule has 1 heterocycles. The van der Waals surface area contributed by atoms with Gasteiger partial charge in [-0.1, -0.05) is 15.9 Å². The van der Waals surface area contributed by atoms with Crippen LogP contribution in [0.1, 0.15) is 38.8 Å². The Morgan fingerprint density at radius 2 is 1.92 bits per heavy atom. The van der Waals surface area contributed by atoms with Crippen LogP contribution in [0.4, 0.5) is 18.0 Å². The van der Waals surface area contributed by atoms with Crippen molar-refractivity contribution in [3.05, 3.63) is 33.8 Å². The predicted octanol–water partition coefficient (Wildman–Crippen LogP) is 4.91. The summed E-state index contributed by atoms with van der Waals surface area (Å²) in [4.78, 5) is 15.9. The monoisotopic (exact) mass is 436 g/mol. The zero-order valence-electron chi connectivity index (χ0n) is 15.4. The van der Waals surface area contributed by atoms with E-state index in [4.69, 9.17) is 4.74 Å². The molecule has 1 atom stereocenters. The molecule has 0 bridgehead atoms. The zero-order chi connectivity index (χ0) is 19.7. The lowest BCUT2D eigenvalue weighted by Crippen LogP contribution is -2.54. The van der Waals surface area contributed by atoms with Gasteiger partial charge in [-0.25, -0.2) is 4.79 Å². The van der Waals surface area contributed by atoms with E-state index in [0.29, 0.717) is 36.2 Å². The van der Waals surface area contributed by atoms with Crippen molar-refractivity contribution >= 4 is 22.0 Å². The van der Waals surface area contributed by atoms with Crippen LogP contribution in [0.15, 0.2) is 22.7 Å². The number of halogens is 4. The summed E-state index contributed by atoms with van der Waals surface area (Å²) in [5.41, 5.74) is -0.631. The average molecular weight is 437 g/mol. The molecule has 0 unspecified atom stereocenters. The van der Waals surface area contributed by atoms with Crippen LogP contribution in [0.2, 0.25) is 0 Å². The highest BCUT2D eigenvalue weighted by Gasteiger charge is 2.32. The van der Waals surface area contributed by atoms with Crippen LogP contribution >= 0.6 is 15.9 Å². The normalized spacial score (nSPS) is 19.5. The van der Waals surface area contributed by atoms with Gasteiger partial charge in [-0.15, -0.1) is 0 Å². The van der Waals surface area contributed by atoms with Crippen LogP contribution in [-0.2, 0) is 17.5 Å².